The fourth-order valence-corrected chi connectivity index (χ4v) is 8.81. The molecule has 2 aliphatic rings. The number of hydrogen-bond donors (Lipinski definition) is 2. The number of hydrogen-bond acceptors (Lipinski definition) is 6. The van der Waals surface area contributed by atoms with E-state index in [1.165, 1.54) is 44.0 Å². The summed E-state index contributed by atoms with van der Waals surface area (Å²) < 4.78 is 50.9. The molecule has 0 unspecified atom stereocenters. The highest BCUT2D eigenvalue weighted by molar-refractivity contribution is 7.96. The minimum Gasteiger partial charge on any atom is -0.326 e. The van der Waals surface area contributed by atoms with E-state index in [1.807, 2.05) is 0 Å². The maximum atomic E-state index is 13.2. The molecular formula is C19H28N2O5S2. The van der Waals surface area contributed by atoms with Crippen molar-refractivity contribution in [3.8, 4) is 0 Å². The molecule has 0 spiro atoms. The fourth-order valence-electron chi connectivity index (χ4n) is 4.13. The molecule has 2 N–H and O–H groups in total. The second-order valence-electron chi connectivity index (χ2n) is 7.83. The summed E-state index contributed by atoms with van der Waals surface area (Å²) in [4.78, 5) is 11.2. The first kappa shape index (κ1) is 21.3. The van der Waals surface area contributed by atoms with Crippen LogP contribution in [-0.2, 0) is 24.5 Å². The van der Waals surface area contributed by atoms with Crippen LogP contribution in [0.2, 0.25) is 0 Å². The molecule has 0 aromatic heterocycles. The van der Waals surface area contributed by atoms with Gasteiger partial charge in [-0.2, -0.15) is 0 Å². The van der Waals surface area contributed by atoms with Crippen molar-refractivity contribution >= 4 is 31.3 Å². The molecule has 1 aromatic carbocycles. The third kappa shape index (κ3) is 5.12. The Labute approximate surface area is 167 Å². The first-order chi connectivity index (χ1) is 13.2. The van der Waals surface area contributed by atoms with E-state index in [0.717, 1.165) is 25.7 Å². The minimum absolute atomic E-state index is 0.0800. The van der Waals surface area contributed by atoms with Crippen LogP contribution in [0.15, 0.2) is 29.2 Å². The Kier molecular flexibility index (Phi) is 6.46. The van der Waals surface area contributed by atoms with Crippen molar-refractivity contribution in [2.24, 2.45) is 0 Å². The van der Waals surface area contributed by atoms with Gasteiger partial charge in [0.2, 0.25) is 5.91 Å². The highest BCUT2D eigenvalue weighted by Gasteiger charge is 2.46. The molecule has 9 heteroatoms. The topological polar surface area (TPSA) is 109 Å². The van der Waals surface area contributed by atoms with E-state index in [4.69, 9.17) is 0 Å². The van der Waals surface area contributed by atoms with Gasteiger partial charge in [0.25, 0.3) is 0 Å². The van der Waals surface area contributed by atoms with E-state index in [9.17, 15) is 21.6 Å². The molecule has 7 nitrogen and oxygen atoms in total. The van der Waals surface area contributed by atoms with Crippen molar-refractivity contribution in [3.63, 3.8) is 0 Å². The summed E-state index contributed by atoms with van der Waals surface area (Å²) in [5.74, 6) is -0.741. The number of carbonyl (C=O) groups is 1. The van der Waals surface area contributed by atoms with Crippen molar-refractivity contribution in [1.29, 1.82) is 0 Å². The van der Waals surface area contributed by atoms with Gasteiger partial charge in [0.15, 0.2) is 19.7 Å². The zero-order valence-corrected chi connectivity index (χ0v) is 17.7. The average molecular weight is 429 g/mol. The Bertz CT molecular complexity index is 902. The van der Waals surface area contributed by atoms with E-state index in [-0.39, 0.29) is 28.4 Å². The van der Waals surface area contributed by atoms with Gasteiger partial charge in [-0.25, -0.2) is 16.8 Å². The molecule has 1 amide bonds. The number of carbonyl (C=O) groups excluding carboxylic acids is 1. The maximum absolute atomic E-state index is 13.2. The Morgan fingerprint density at radius 1 is 1.00 bits per heavy atom. The van der Waals surface area contributed by atoms with Gasteiger partial charge in [-0.3, -0.25) is 4.79 Å². The largest absolute Gasteiger partial charge is 0.326 e. The Balaban J connectivity index is 1.81. The molecule has 0 bridgehead atoms. The van der Waals surface area contributed by atoms with Gasteiger partial charge in [0.1, 0.15) is 0 Å². The molecule has 3 rings (SSSR count). The van der Waals surface area contributed by atoms with Gasteiger partial charge in [0, 0.05) is 24.7 Å². The van der Waals surface area contributed by atoms with Crippen molar-refractivity contribution in [2.45, 2.75) is 67.7 Å². The first-order valence-electron chi connectivity index (χ1n) is 9.75. The molecule has 2 fully saturated rings. The Hall–Kier alpha value is -1.45. The lowest BCUT2D eigenvalue weighted by Gasteiger charge is -2.25. The summed E-state index contributed by atoms with van der Waals surface area (Å²) in [6, 6.07) is 5.47. The first-order valence-corrected chi connectivity index (χ1v) is 13.1. The van der Waals surface area contributed by atoms with Gasteiger partial charge in [-0.1, -0.05) is 25.7 Å². The second-order valence-corrected chi connectivity index (χ2v) is 12.1. The van der Waals surface area contributed by atoms with Crippen molar-refractivity contribution in [1.82, 2.24) is 5.32 Å². The number of nitrogens with one attached hydrogen (secondary N) is 2. The normalized spacial score (nSPS) is 25.9. The fraction of sp³-hybridized carbons (Fsp3) is 0.632. The molecule has 1 aliphatic heterocycles. The van der Waals surface area contributed by atoms with Crippen LogP contribution >= 0.6 is 0 Å². The number of amides is 1. The molecule has 1 heterocycles. The summed E-state index contributed by atoms with van der Waals surface area (Å²) in [7, 11) is -7.24. The lowest BCUT2D eigenvalue weighted by Crippen LogP contribution is -2.47. The Morgan fingerprint density at radius 2 is 1.61 bits per heavy atom. The number of anilines is 1. The molecule has 1 aliphatic carbocycles. The standard InChI is InChI=1S/C19H28N2O5S2/c1-14(22)20-16-8-10-17(11-9-16)28(25,26)19-13-27(23,24)12-18(19)21-15-6-4-2-3-5-7-15/h8-11,15,18-19,21H,2-7,12-13H2,1H3,(H,20,22)/t18-,19-/m0/s1. The highest BCUT2D eigenvalue weighted by atomic mass is 32.2. The highest BCUT2D eigenvalue weighted by Crippen LogP contribution is 2.28. The Morgan fingerprint density at radius 3 is 2.18 bits per heavy atom. The third-order valence-electron chi connectivity index (χ3n) is 5.51. The minimum atomic E-state index is -3.82. The van der Waals surface area contributed by atoms with Gasteiger partial charge in [0.05, 0.1) is 21.7 Å². The van der Waals surface area contributed by atoms with Crippen molar-refractivity contribution < 1.29 is 21.6 Å². The molecule has 0 radical (unpaired) electrons. The molecular weight excluding hydrogens is 400 g/mol. The monoisotopic (exact) mass is 428 g/mol. The van der Waals surface area contributed by atoms with Crippen molar-refractivity contribution in [3.05, 3.63) is 24.3 Å². The van der Waals surface area contributed by atoms with Crippen LogP contribution in [-0.4, -0.2) is 51.6 Å². The molecule has 28 heavy (non-hydrogen) atoms. The summed E-state index contributed by atoms with van der Waals surface area (Å²) >= 11 is 0. The van der Waals surface area contributed by atoms with Crippen LogP contribution in [0.3, 0.4) is 0 Å². The SMILES string of the molecule is CC(=O)Nc1ccc(S(=O)(=O)[C@H]2CS(=O)(=O)C[C@@H]2NC2CCCCCC2)cc1. The van der Waals surface area contributed by atoms with Gasteiger partial charge >= 0.3 is 0 Å². The van der Waals surface area contributed by atoms with E-state index in [0.29, 0.717) is 5.69 Å². The molecule has 2 atom stereocenters. The third-order valence-corrected chi connectivity index (χ3v) is 9.67. The lowest BCUT2D eigenvalue weighted by atomic mass is 10.1. The zero-order chi connectivity index (χ0) is 20.4. The summed E-state index contributed by atoms with van der Waals surface area (Å²) in [6.45, 7) is 1.37. The predicted molar refractivity (Wildman–Crippen MR) is 109 cm³/mol. The summed E-state index contributed by atoms with van der Waals surface area (Å²) in [5, 5.41) is 4.96. The number of sulfone groups is 2. The van der Waals surface area contributed by atoms with Crippen LogP contribution in [0.25, 0.3) is 0 Å². The molecule has 1 saturated heterocycles. The van der Waals surface area contributed by atoms with Crippen LogP contribution in [0.5, 0.6) is 0 Å². The van der Waals surface area contributed by atoms with E-state index in [1.54, 1.807) is 0 Å². The quantitative estimate of drug-likeness (QED) is 0.693. The van der Waals surface area contributed by atoms with Crippen LogP contribution < -0.4 is 10.6 Å². The maximum Gasteiger partial charge on any atom is 0.221 e. The van der Waals surface area contributed by atoms with E-state index < -0.39 is 31.0 Å². The molecule has 156 valence electrons. The van der Waals surface area contributed by atoms with Crippen molar-refractivity contribution in [2.75, 3.05) is 16.8 Å². The van der Waals surface area contributed by atoms with Crippen LogP contribution in [0.1, 0.15) is 45.4 Å². The van der Waals surface area contributed by atoms with E-state index in [2.05, 4.69) is 10.6 Å². The van der Waals surface area contributed by atoms with Crippen LogP contribution in [0.4, 0.5) is 5.69 Å². The second kappa shape index (κ2) is 8.51. The number of rotatable bonds is 5. The van der Waals surface area contributed by atoms with Gasteiger partial charge in [-0.15, -0.1) is 0 Å². The number of benzene rings is 1. The predicted octanol–water partition coefficient (Wildman–Crippen LogP) is 1.90. The smallest absolute Gasteiger partial charge is 0.221 e. The molecule has 1 aromatic rings. The lowest BCUT2D eigenvalue weighted by molar-refractivity contribution is -0.114. The molecule has 1 saturated carbocycles. The summed E-state index contributed by atoms with van der Waals surface area (Å²) in [5.41, 5.74) is 0.499. The van der Waals surface area contributed by atoms with Gasteiger partial charge < -0.3 is 10.6 Å². The summed E-state index contributed by atoms with van der Waals surface area (Å²) in [6.07, 6.45) is 6.41. The average Bonchev–Trinajstić information content (AvgIpc) is 2.77. The zero-order valence-electron chi connectivity index (χ0n) is 16.1. The van der Waals surface area contributed by atoms with Crippen LogP contribution in [0, 0.1) is 0 Å². The van der Waals surface area contributed by atoms with Gasteiger partial charge in [-0.05, 0) is 37.1 Å². The van der Waals surface area contributed by atoms with E-state index >= 15 is 0 Å².